The van der Waals surface area contributed by atoms with Gasteiger partial charge in [-0.05, 0) is 61.7 Å². The van der Waals surface area contributed by atoms with Gasteiger partial charge in [0.1, 0.15) is 0 Å². The van der Waals surface area contributed by atoms with Gasteiger partial charge in [0, 0.05) is 35.4 Å². The van der Waals surface area contributed by atoms with E-state index < -0.39 is 27.8 Å². The average molecular weight is 564 g/mol. The molecule has 8 nitrogen and oxygen atoms in total. The van der Waals surface area contributed by atoms with Crippen LogP contribution in [0.25, 0.3) is 16.9 Å². The van der Waals surface area contributed by atoms with Crippen molar-refractivity contribution in [2.24, 2.45) is 0 Å². The lowest BCUT2D eigenvalue weighted by atomic mass is 10.1. The van der Waals surface area contributed by atoms with Crippen LogP contribution < -0.4 is 5.32 Å². The Labute approximate surface area is 221 Å². The molecule has 38 heavy (non-hydrogen) atoms. The number of nitrogens with zero attached hydrogens (tertiary/aromatic N) is 4. The van der Waals surface area contributed by atoms with Crippen molar-refractivity contribution in [3.63, 3.8) is 0 Å². The van der Waals surface area contributed by atoms with Crippen LogP contribution in [0.4, 0.5) is 18.9 Å². The maximum atomic E-state index is 13.9. The number of halogens is 4. The van der Waals surface area contributed by atoms with Crippen LogP contribution in [0.5, 0.6) is 0 Å². The van der Waals surface area contributed by atoms with Crippen molar-refractivity contribution >= 4 is 38.9 Å². The van der Waals surface area contributed by atoms with Crippen LogP contribution in [0.3, 0.4) is 0 Å². The van der Waals surface area contributed by atoms with Gasteiger partial charge in [0.05, 0.1) is 10.6 Å². The quantitative estimate of drug-likeness (QED) is 0.350. The second kappa shape index (κ2) is 9.68. The number of fused-ring (bicyclic) bond motifs is 1. The zero-order valence-electron chi connectivity index (χ0n) is 20.0. The number of sulfonamides is 1. The topological polar surface area (TPSA) is 96.7 Å². The van der Waals surface area contributed by atoms with E-state index in [2.05, 4.69) is 15.4 Å². The fourth-order valence-electron chi connectivity index (χ4n) is 4.25. The van der Waals surface area contributed by atoms with Gasteiger partial charge in [-0.25, -0.2) is 17.9 Å². The molecule has 0 saturated carbocycles. The van der Waals surface area contributed by atoms with Gasteiger partial charge in [-0.1, -0.05) is 23.7 Å². The van der Waals surface area contributed by atoms with Crippen LogP contribution in [0.1, 0.15) is 34.6 Å². The molecule has 0 aliphatic carbocycles. The molecule has 1 N–H and O–H groups in total. The smallest absolute Gasteiger partial charge is 0.321 e. The Bertz CT molecular complexity index is 1660. The molecule has 3 heterocycles. The third-order valence-corrected chi connectivity index (χ3v) is 8.52. The third kappa shape index (κ3) is 4.98. The normalized spacial score (nSPS) is 14.8. The third-order valence-electron chi connectivity index (χ3n) is 6.20. The molecule has 13 heteroatoms. The lowest BCUT2D eigenvalue weighted by molar-refractivity contribution is -0.142. The van der Waals surface area contributed by atoms with Crippen molar-refractivity contribution in [2.75, 3.05) is 18.4 Å². The van der Waals surface area contributed by atoms with Crippen molar-refractivity contribution in [1.29, 1.82) is 0 Å². The van der Waals surface area contributed by atoms with Crippen LogP contribution in [0, 0.1) is 6.92 Å². The van der Waals surface area contributed by atoms with E-state index in [4.69, 9.17) is 11.6 Å². The maximum absolute atomic E-state index is 13.9. The minimum atomic E-state index is -4.78. The molecule has 4 aromatic rings. The van der Waals surface area contributed by atoms with Gasteiger partial charge in [-0.3, -0.25) is 4.79 Å². The summed E-state index contributed by atoms with van der Waals surface area (Å²) < 4.78 is 69.4. The molecule has 198 valence electrons. The predicted octanol–water partition coefficient (Wildman–Crippen LogP) is 5.41. The molecular formula is C25H21ClF3N5O3S. The van der Waals surface area contributed by atoms with Crippen LogP contribution in [-0.2, 0) is 16.2 Å². The molecule has 5 rings (SSSR count). The van der Waals surface area contributed by atoms with Crippen LogP contribution >= 0.6 is 11.6 Å². The van der Waals surface area contributed by atoms with E-state index in [9.17, 15) is 26.4 Å². The number of alkyl halides is 3. The van der Waals surface area contributed by atoms with E-state index >= 15 is 0 Å². The van der Waals surface area contributed by atoms with Crippen molar-refractivity contribution in [1.82, 2.24) is 18.9 Å². The van der Waals surface area contributed by atoms with Gasteiger partial charge in [0.2, 0.25) is 10.0 Å². The minimum absolute atomic E-state index is 0.0103. The number of anilines is 1. The molecular weight excluding hydrogens is 543 g/mol. The van der Waals surface area contributed by atoms with Crippen LogP contribution in [0.2, 0.25) is 5.02 Å². The molecule has 1 amide bonds. The molecule has 1 aliphatic rings. The van der Waals surface area contributed by atoms with E-state index in [0.717, 1.165) is 25.0 Å². The highest BCUT2D eigenvalue weighted by Gasteiger charge is 2.36. The summed E-state index contributed by atoms with van der Waals surface area (Å²) in [6.07, 6.45) is -3.23. The van der Waals surface area contributed by atoms with Crippen molar-refractivity contribution in [2.45, 2.75) is 30.8 Å². The Kier molecular flexibility index (Phi) is 6.66. The molecule has 0 radical (unpaired) electrons. The summed E-state index contributed by atoms with van der Waals surface area (Å²) >= 11 is 6.04. The monoisotopic (exact) mass is 563 g/mol. The number of carbonyl (C=O) groups is 1. The summed E-state index contributed by atoms with van der Waals surface area (Å²) in [5.74, 6) is -0.816. The fourth-order valence-corrected chi connectivity index (χ4v) is 5.93. The zero-order valence-corrected chi connectivity index (χ0v) is 21.5. The number of aryl methyl sites for hydroxylation is 1. The summed E-state index contributed by atoms with van der Waals surface area (Å²) in [5.41, 5.74) is -0.323. The molecule has 2 aromatic heterocycles. The van der Waals surface area contributed by atoms with Crippen molar-refractivity contribution in [3.05, 3.63) is 76.6 Å². The first-order chi connectivity index (χ1) is 17.9. The Hall–Kier alpha value is -3.48. The minimum Gasteiger partial charge on any atom is -0.321 e. The van der Waals surface area contributed by atoms with E-state index in [1.165, 1.54) is 28.6 Å². The van der Waals surface area contributed by atoms with Gasteiger partial charge in [0.25, 0.3) is 5.91 Å². The predicted molar refractivity (Wildman–Crippen MR) is 136 cm³/mol. The van der Waals surface area contributed by atoms with Crippen molar-refractivity contribution < 1.29 is 26.4 Å². The largest absolute Gasteiger partial charge is 0.433 e. The molecule has 0 spiro atoms. The number of rotatable bonds is 5. The second-order valence-corrected chi connectivity index (χ2v) is 11.2. The number of hydrogen-bond acceptors (Lipinski definition) is 5. The van der Waals surface area contributed by atoms with Gasteiger partial charge in [-0.2, -0.15) is 22.6 Å². The first-order valence-electron chi connectivity index (χ1n) is 11.6. The first-order valence-corrected chi connectivity index (χ1v) is 13.4. The fraction of sp³-hybridized carbons (Fsp3) is 0.240. The van der Waals surface area contributed by atoms with E-state index in [0.29, 0.717) is 33.8 Å². The molecule has 0 bridgehead atoms. The molecule has 2 aromatic carbocycles. The second-order valence-electron chi connectivity index (χ2n) is 8.88. The molecule has 0 atom stereocenters. The highest BCUT2D eigenvalue weighted by atomic mass is 35.5. The first kappa shape index (κ1) is 26.1. The summed E-state index contributed by atoms with van der Waals surface area (Å²) in [4.78, 5) is 17.2. The zero-order chi connectivity index (χ0) is 27.2. The number of aromatic nitrogens is 3. The Morgan fingerprint density at radius 1 is 1.05 bits per heavy atom. The van der Waals surface area contributed by atoms with Gasteiger partial charge < -0.3 is 5.32 Å². The summed E-state index contributed by atoms with van der Waals surface area (Å²) in [6.45, 7) is 2.57. The van der Waals surface area contributed by atoms with Crippen LogP contribution in [0.15, 0.2) is 59.5 Å². The summed E-state index contributed by atoms with van der Waals surface area (Å²) in [7, 11) is -3.72. The maximum Gasteiger partial charge on any atom is 0.433 e. The van der Waals surface area contributed by atoms with Crippen molar-refractivity contribution in [3.8, 4) is 11.3 Å². The van der Waals surface area contributed by atoms with Crippen LogP contribution in [-0.4, -0.2) is 46.3 Å². The Morgan fingerprint density at radius 2 is 1.79 bits per heavy atom. The average Bonchev–Trinajstić information content (AvgIpc) is 3.55. The number of benzene rings is 2. The number of nitrogens with one attached hydrogen (secondary N) is 1. The molecule has 1 fully saturated rings. The number of hydrogen-bond donors (Lipinski definition) is 1. The van der Waals surface area contributed by atoms with Gasteiger partial charge in [-0.15, -0.1) is 0 Å². The van der Waals surface area contributed by atoms with E-state index in [-0.39, 0.29) is 27.6 Å². The standard InChI is InChI=1S/C25H21ClF3N5O3S/c1-15-11-16(7-8-19(15)26)20-13-22(25(27,28)29)34-23(31-20)14-21(32-34)24(35)30-17-5-4-6-18(12-17)38(36,37)33-9-2-3-10-33/h4-8,11-14H,2-3,9-10H2,1H3,(H,30,35). The van der Waals surface area contributed by atoms with Gasteiger partial charge in [0.15, 0.2) is 17.0 Å². The summed E-state index contributed by atoms with van der Waals surface area (Å²) in [6, 6.07) is 12.4. The highest BCUT2D eigenvalue weighted by Crippen LogP contribution is 2.33. The number of carbonyl (C=O) groups excluding carboxylic acids is 1. The Morgan fingerprint density at radius 3 is 2.47 bits per heavy atom. The van der Waals surface area contributed by atoms with E-state index in [1.54, 1.807) is 25.1 Å². The highest BCUT2D eigenvalue weighted by molar-refractivity contribution is 7.89. The summed E-state index contributed by atoms with van der Waals surface area (Å²) in [5, 5.41) is 6.83. The van der Waals surface area contributed by atoms with Gasteiger partial charge >= 0.3 is 6.18 Å². The Balaban J connectivity index is 1.49. The number of amides is 1. The molecule has 0 unspecified atom stereocenters. The molecule has 1 saturated heterocycles. The molecule has 1 aliphatic heterocycles. The van der Waals surface area contributed by atoms with E-state index in [1.807, 2.05) is 0 Å². The lowest BCUT2D eigenvalue weighted by Crippen LogP contribution is -2.27. The lowest BCUT2D eigenvalue weighted by Gasteiger charge is -2.16. The SMILES string of the molecule is Cc1cc(-c2cc(C(F)(F)F)n3nc(C(=O)Nc4cccc(S(=O)(=O)N5CCCC5)c4)cc3n2)ccc1Cl.